The van der Waals surface area contributed by atoms with Crippen LogP contribution in [0, 0.1) is 6.92 Å². The first-order valence-corrected chi connectivity index (χ1v) is 11.1. The Morgan fingerprint density at radius 2 is 1.83 bits per heavy atom. The number of fused-ring (bicyclic) bond motifs is 1. The Labute approximate surface area is 177 Å². The Hall–Kier alpha value is -2.73. The van der Waals surface area contributed by atoms with Gasteiger partial charge in [-0.3, -0.25) is 9.89 Å². The van der Waals surface area contributed by atoms with E-state index in [-0.39, 0.29) is 5.91 Å². The largest absolute Gasteiger partial charge is 0.339 e. The highest BCUT2D eigenvalue weighted by Crippen LogP contribution is 2.28. The van der Waals surface area contributed by atoms with Crippen molar-refractivity contribution in [3.05, 3.63) is 47.7 Å². The number of hydrogen-bond acceptors (Lipinski definition) is 4. The molecule has 30 heavy (non-hydrogen) atoms. The summed E-state index contributed by atoms with van der Waals surface area (Å²) in [6.45, 7) is 6.15. The van der Waals surface area contributed by atoms with Crippen molar-refractivity contribution in [2.24, 2.45) is 0 Å². The van der Waals surface area contributed by atoms with Crippen molar-refractivity contribution in [2.45, 2.75) is 45.1 Å². The average molecular weight is 404 g/mol. The van der Waals surface area contributed by atoms with Crippen molar-refractivity contribution in [3.63, 3.8) is 0 Å². The number of likely N-dealkylation sites (tertiary alicyclic amines) is 2. The lowest BCUT2D eigenvalue weighted by Gasteiger charge is -2.40. The van der Waals surface area contributed by atoms with Gasteiger partial charge in [0.05, 0.1) is 22.8 Å². The first-order valence-electron chi connectivity index (χ1n) is 11.1. The molecule has 6 nitrogen and oxygen atoms in total. The molecule has 4 heterocycles. The van der Waals surface area contributed by atoms with Gasteiger partial charge in [-0.25, -0.2) is 4.98 Å². The molecule has 2 aliphatic rings. The van der Waals surface area contributed by atoms with Crippen LogP contribution >= 0.6 is 0 Å². The zero-order valence-corrected chi connectivity index (χ0v) is 17.6. The molecule has 0 spiro atoms. The summed E-state index contributed by atoms with van der Waals surface area (Å²) in [7, 11) is 0. The van der Waals surface area contributed by atoms with Crippen molar-refractivity contribution in [1.29, 1.82) is 0 Å². The van der Waals surface area contributed by atoms with Crippen molar-refractivity contribution in [2.75, 3.05) is 26.2 Å². The molecule has 0 saturated carbocycles. The van der Waals surface area contributed by atoms with Crippen LogP contribution in [0.1, 0.15) is 48.0 Å². The summed E-state index contributed by atoms with van der Waals surface area (Å²) in [5.74, 6) is 0.0933. The van der Waals surface area contributed by atoms with E-state index in [0.717, 1.165) is 48.1 Å². The molecule has 2 aromatic heterocycles. The van der Waals surface area contributed by atoms with E-state index >= 15 is 0 Å². The molecule has 1 aromatic carbocycles. The lowest BCUT2D eigenvalue weighted by Crippen LogP contribution is -2.48. The first kappa shape index (κ1) is 19.2. The second-order valence-corrected chi connectivity index (χ2v) is 8.62. The SMILES string of the molecule is Cc1ccccc1-c1cc(C(=O)N2CCC(N3CCCCC3)CC2)c2cn[nH]c2n1. The molecule has 2 fully saturated rings. The Morgan fingerprint density at radius 1 is 1.07 bits per heavy atom. The number of H-pyrrole nitrogens is 1. The summed E-state index contributed by atoms with van der Waals surface area (Å²) in [6, 6.07) is 10.7. The number of carbonyl (C=O) groups is 1. The third-order valence-electron chi connectivity index (χ3n) is 6.73. The van der Waals surface area contributed by atoms with E-state index in [4.69, 9.17) is 4.98 Å². The molecule has 2 aliphatic heterocycles. The van der Waals surface area contributed by atoms with E-state index in [9.17, 15) is 4.79 Å². The fraction of sp³-hybridized carbons (Fsp3) is 0.458. The zero-order valence-electron chi connectivity index (χ0n) is 17.6. The van der Waals surface area contributed by atoms with Crippen LogP contribution in [-0.4, -0.2) is 63.1 Å². The number of aromatic amines is 1. The summed E-state index contributed by atoms with van der Waals surface area (Å²) in [4.78, 5) is 22.9. The molecule has 0 bridgehead atoms. The second kappa shape index (κ2) is 8.19. The Morgan fingerprint density at radius 3 is 2.60 bits per heavy atom. The first-order chi connectivity index (χ1) is 14.7. The maximum absolute atomic E-state index is 13.5. The molecule has 0 unspecified atom stereocenters. The molecule has 0 atom stereocenters. The van der Waals surface area contributed by atoms with Crippen molar-refractivity contribution in [3.8, 4) is 11.3 Å². The fourth-order valence-electron chi connectivity index (χ4n) is 4.99. The highest BCUT2D eigenvalue weighted by atomic mass is 16.2. The van der Waals surface area contributed by atoms with Gasteiger partial charge in [-0.2, -0.15) is 5.10 Å². The van der Waals surface area contributed by atoms with Crippen LogP contribution in [0.4, 0.5) is 0 Å². The predicted octanol–water partition coefficient (Wildman–Crippen LogP) is 4.02. The number of pyridine rings is 1. The number of nitrogens with one attached hydrogen (secondary N) is 1. The maximum Gasteiger partial charge on any atom is 0.254 e. The van der Waals surface area contributed by atoms with Gasteiger partial charge in [0.25, 0.3) is 5.91 Å². The lowest BCUT2D eigenvalue weighted by molar-refractivity contribution is 0.0591. The summed E-state index contributed by atoms with van der Waals surface area (Å²) in [5, 5.41) is 7.92. The predicted molar refractivity (Wildman–Crippen MR) is 118 cm³/mol. The van der Waals surface area contributed by atoms with Gasteiger partial charge < -0.3 is 9.80 Å². The highest BCUT2D eigenvalue weighted by Gasteiger charge is 2.29. The van der Waals surface area contributed by atoms with Gasteiger partial charge in [0.2, 0.25) is 0 Å². The van der Waals surface area contributed by atoms with Crippen LogP contribution in [0.5, 0.6) is 0 Å². The fourth-order valence-corrected chi connectivity index (χ4v) is 4.99. The van der Waals surface area contributed by atoms with Gasteiger partial charge in [-0.1, -0.05) is 30.7 Å². The Kier molecular flexibility index (Phi) is 5.25. The molecule has 2 saturated heterocycles. The minimum Gasteiger partial charge on any atom is -0.339 e. The molecule has 3 aromatic rings. The van der Waals surface area contributed by atoms with Crippen LogP contribution in [0.15, 0.2) is 36.5 Å². The van der Waals surface area contributed by atoms with Crippen LogP contribution in [0.2, 0.25) is 0 Å². The van der Waals surface area contributed by atoms with E-state index in [1.54, 1.807) is 6.20 Å². The minimum atomic E-state index is 0.0933. The molecule has 0 aliphatic carbocycles. The number of rotatable bonds is 3. The topological polar surface area (TPSA) is 65.1 Å². The molecule has 0 radical (unpaired) electrons. The number of nitrogens with zero attached hydrogens (tertiary/aromatic N) is 4. The summed E-state index contributed by atoms with van der Waals surface area (Å²) in [5.41, 5.74) is 4.37. The normalized spacial score (nSPS) is 18.8. The third-order valence-corrected chi connectivity index (χ3v) is 6.73. The van der Waals surface area contributed by atoms with Crippen molar-refractivity contribution in [1.82, 2.24) is 25.0 Å². The average Bonchev–Trinajstić information content (AvgIpc) is 3.28. The quantitative estimate of drug-likeness (QED) is 0.717. The Bertz CT molecular complexity index is 1040. The van der Waals surface area contributed by atoms with Gasteiger partial charge in [-0.15, -0.1) is 0 Å². The standard InChI is InChI=1S/C24H29N5O/c1-17-7-3-4-8-19(17)22-15-20(21-16-25-27-23(21)26-22)24(30)29-13-9-18(10-14-29)28-11-5-2-6-12-28/h3-4,7-8,15-16,18H,2,5-6,9-14H2,1H3,(H,25,26,27). The monoisotopic (exact) mass is 403 g/mol. The number of carbonyl (C=O) groups excluding carboxylic acids is 1. The van der Waals surface area contributed by atoms with E-state index < -0.39 is 0 Å². The molecular formula is C24H29N5O. The van der Waals surface area contributed by atoms with Crippen molar-refractivity contribution < 1.29 is 4.79 Å². The van der Waals surface area contributed by atoms with Crippen LogP contribution in [0.3, 0.4) is 0 Å². The highest BCUT2D eigenvalue weighted by molar-refractivity contribution is 6.06. The number of aryl methyl sites for hydroxylation is 1. The van der Waals surface area contributed by atoms with Gasteiger partial charge in [0.1, 0.15) is 0 Å². The molecule has 1 N–H and O–H groups in total. The maximum atomic E-state index is 13.5. The molecule has 156 valence electrons. The summed E-state index contributed by atoms with van der Waals surface area (Å²) >= 11 is 0. The number of benzene rings is 1. The minimum absolute atomic E-state index is 0.0933. The second-order valence-electron chi connectivity index (χ2n) is 8.62. The summed E-state index contributed by atoms with van der Waals surface area (Å²) in [6.07, 6.45) is 7.84. The van der Waals surface area contributed by atoms with Crippen molar-refractivity contribution >= 4 is 16.9 Å². The van der Waals surface area contributed by atoms with Gasteiger partial charge in [0.15, 0.2) is 5.65 Å². The van der Waals surface area contributed by atoms with E-state index in [2.05, 4.69) is 34.2 Å². The van der Waals surface area contributed by atoms with E-state index in [1.807, 2.05) is 23.1 Å². The zero-order chi connectivity index (χ0) is 20.5. The lowest BCUT2D eigenvalue weighted by atomic mass is 9.98. The van der Waals surface area contributed by atoms with Crippen LogP contribution in [-0.2, 0) is 0 Å². The molecule has 6 heteroatoms. The van der Waals surface area contributed by atoms with Gasteiger partial charge in [-0.05, 0) is 57.3 Å². The Balaban J connectivity index is 1.40. The van der Waals surface area contributed by atoms with E-state index in [1.165, 1.54) is 32.4 Å². The van der Waals surface area contributed by atoms with E-state index in [0.29, 0.717) is 17.3 Å². The van der Waals surface area contributed by atoms with Gasteiger partial charge in [0, 0.05) is 24.7 Å². The number of hydrogen-bond donors (Lipinski definition) is 1. The smallest absolute Gasteiger partial charge is 0.254 e. The summed E-state index contributed by atoms with van der Waals surface area (Å²) < 4.78 is 0. The molecule has 1 amide bonds. The third kappa shape index (κ3) is 3.60. The number of aromatic nitrogens is 3. The molecule has 5 rings (SSSR count). The van der Waals surface area contributed by atoms with Gasteiger partial charge >= 0.3 is 0 Å². The number of piperidine rings is 2. The number of amides is 1. The van der Waals surface area contributed by atoms with Crippen LogP contribution in [0.25, 0.3) is 22.3 Å². The molecular weight excluding hydrogens is 374 g/mol. The van der Waals surface area contributed by atoms with Crippen LogP contribution < -0.4 is 0 Å².